The zero-order valence-electron chi connectivity index (χ0n) is 14.4. The van der Waals surface area contributed by atoms with Gasteiger partial charge in [0.2, 0.25) is 0 Å². The summed E-state index contributed by atoms with van der Waals surface area (Å²) in [5.74, 6) is -0.408. The van der Waals surface area contributed by atoms with Gasteiger partial charge in [-0.15, -0.1) is 0 Å². The molecule has 8 heteroatoms. The first-order valence-corrected chi connectivity index (χ1v) is 9.17. The molecular formula is C19H15FN4O2S. The average Bonchev–Trinajstić information content (AvgIpc) is 3.13. The van der Waals surface area contributed by atoms with E-state index in [1.807, 2.05) is 0 Å². The fourth-order valence-electron chi connectivity index (χ4n) is 3.02. The van der Waals surface area contributed by atoms with Crippen LogP contribution < -0.4 is 11.2 Å². The van der Waals surface area contributed by atoms with Crippen molar-refractivity contribution in [2.45, 2.75) is 20.0 Å². The van der Waals surface area contributed by atoms with Crippen molar-refractivity contribution >= 4 is 21.7 Å². The van der Waals surface area contributed by atoms with Crippen LogP contribution in [0.4, 0.5) is 4.39 Å². The summed E-state index contributed by atoms with van der Waals surface area (Å²) in [6, 6.07) is 11.6. The van der Waals surface area contributed by atoms with E-state index in [1.165, 1.54) is 10.6 Å². The van der Waals surface area contributed by atoms with Crippen molar-refractivity contribution in [3.05, 3.63) is 80.9 Å². The largest absolute Gasteiger partial charge is 0.331 e. The Morgan fingerprint density at radius 1 is 1.07 bits per heavy atom. The summed E-state index contributed by atoms with van der Waals surface area (Å²) in [6.07, 6.45) is 1.62. The summed E-state index contributed by atoms with van der Waals surface area (Å²) in [5, 5.41) is 0. The van der Waals surface area contributed by atoms with Crippen LogP contribution in [0.15, 0.2) is 58.3 Å². The molecule has 4 aromatic rings. The lowest BCUT2D eigenvalue weighted by molar-refractivity contribution is 0.580. The molecule has 0 bridgehead atoms. The van der Waals surface area contributed by atoms with Crippen molar-refractivity contribution in [2.24, 2.45) is 0 Å². The maximum Gasteiger partial charge on any atom is 0.331 e. The third-order valence-electron chi connectivity index (χ3n) is 4.35. The Morgan fingerprint density at radius 3 is 2.56 bits per heavy atom. The van der Waals surface area contributed by atoms with Crippen molar-refractivity contribution in [1.82, 2.24) is 18.5 Å². The van der Waals surface area contributed by atoms with Gasteiger partial charge in [0.25, 0.3) is 5.56 Å². The molecule has 1 aromatic carbocycles. The maximum absolute atomic E-state index is 14.2. The quantitative estimate of drug-likeness (QED) is 0.544. The van der Waals surface area contributed by atoms with E-state index in [1.54, 1.807) is 49.5 Å². The van der Waals surface area contributed by atoms with Crippen molar-refractivity contribution in [1.29, 1.82) is 0 Å². The lowest BCUT2D eigenvalue weighted by Crippen LogP contribution is -2.39. The molecule has 0 spiro atoms. The van der Waals surface area contributed by atoms with E-state index in [2.05, 4.69) is 9.36 Å². The molecular weight excluding hydrogens is 367 g/mol. The molecule has 0 saturated carbocycles. The highest BCUT2D eigenvalue weighted by Gasteiger charge is 2.21. The van der Waals surface area contributed by atoms with Crippen LogP contribution in [0.3, 0.4) is 0 Å². The summed E-state index contributed by atoms with van der Waals surface area (Å²) in [7, 11) is 0. The Bertz CT molecular complexity index is 1240. The zero-order valence-corrected chi connectivity index (χ0v) is 15.2. The highest BCUT2D eigenvalue weighted by Crippen LogP contribution is 2.27. The van der Waals surface area contributed by atoms with Crippen molar-refractivity contribution in [3.8, 4) is 11.4 Å². The number of rotatable bonds is 4. The molecule has 0 aliphatic heterocycles. The van der Waals surface area contributed by atoms with Gasteiger partial charge in [0, 0.05) is 18.3 Å². The van der Waals surface area contributed by atoms with E-state index in [-0.39, 0.29) is 18.6 Å². The Kier molecular flexibility index (Phi) is 4.41. The molecule has 0 radical (unpaired) electrons. The molecule has 0 atom stereocenters. The first-order chi connectivity index (χ1) is 13.1. The van der Waals surface area contributed by atoms with E-state index in [0.717, 1.165) is 16.1 Å². The van der Waals surface area contributed by atoms with Gasteiger partial charge in [-0.2, -0.15) is 4.37 Å². The number of nitrogens with zero attached hydrogens (tertiary/aromatic N) is 4. The SMILES string of the molecule is CCn1c(=O)c2snc(-c3ccccn3)c2n(Cc2ccccc2F)c1=O. The summed E-state index contributed by atoms with van der Waals surface area (Å²) in [5.41, 5.74) is 0.878. The third-order valence-corrected chi connectivity index (χ3v) is 5.17. The van der Waals surface area contributed by atoms with Gasteiger partial charge in [-0.05, 0) is 36.7 Å². The predicted octanol–water partition coefficient (Wildman–Crippen LogP) is 2.89. The number of fused-ring (bicyclic) bond motifs is 1. The summed E-state index contributed by atoms with van der Waals surface area (Å²) in [4.78, 5) is 30.0. The van der Waals surface area contributed by atoms with Crippen LogP contribution in [0.2, 0.25) is 0 Å². The minimum atomic E-state index is -0.490. The second kappa shape index (κ2) is 6.88. The lowest BCUT2D eigenvalue weighted by Gasteiger charge is -2.12. The van der Waals surface area contributed by atoms with Crippen LogP contribution in [-0.2, 0) is 13.1 Å². The number of halogens is 1. The Hall–Kier alpha value is -3.13. The molecule has 0 aliphatic rings. The van der Waals surface area contributed by atoms with E-state index >= 15 is 0 Å². The number of pyridine rings is 1. The number of hydrogen-bond acceptors (Lipinski definition) is 5. The number of benzene rings is 1. The molecule has 6 nitrogen and oxygen atoms in total. The van der Waals surface area contributed by atoms with Gasteiger partial charge in [-0.1, -0.05) is 24.3 Å². The molecule has 136 valence electrons. The Labute approximate surface area is 157 Å². The molecule has 0 N–H and O–H groups in total. The fraction of sp³-hybridized carbons (Fsp3) is 0.158. The number of hydrogen-bond donors (Lipinski definition) is 0. The first-order valence-electron chi connectivity index (χ1n) is 8.39. The van der Waals surface area contributed by atoms with E-state index < -0.39 is 11.5 Å². The maximum atomic E-state index is 14.2. The summed E-state index contributed by atoms with van der Waals surface area (Å²) < 4.78 is 21.5. The number of aromatic nitrogens is 4. The fourth-order valence-corrected chi connectivity index (χ4v) is 3.86. The molecule has 3 heterocycles. The first kappa shape index (κ1) is 17.3. The van der Waals surface area contributed by atoms with Crippen LogP contribution in [0.25, 0.3) is 21.6 Å². The van der Waals surface area contributed by atoms with Crippen LogP contribution in [0.5, 0.6) is 0 Å². The topological polar surface area (TPSA) is 69.8 Å². The van der Waals surface area contributed by atoms with Gasteiger partial charge in [0.05, 0.1) is 17.8 Å². The van der Waals surface area contributed by atoms with Crippen LogP contribution >= 0.6 is 11.5 Å². The smallest absolute Gasteiger partial charge is 0.285 e. The third kappa shape index (κ3) is 2.87. The average molecular weight is 382 g/mol. The molecule has 0 amide bonds. The van der Waals surface area contributed by atoms with Gasteiger partial charge in [-0.3, -0.25) is 18.9 Å². The Balaban J connectivity index is 2.06. The monoisotopic (exact) mass is 382 g/mol. The van der Waals surface area contributed by atoms with Crippen LogP contribution in [0, 0.1) is 5.82 Å². The van der Waals surface area contributed by atoms with Crippen molar-refractivity contribution in [3.63, 3.8) is 0 Å². The normalized spacial score (nSPS) is 11.2. The highest BCUT2D eigenvalue weighted by atomic mass is 32.1. The molecule has 0 saturated heterocycles. The van der Waals surface area contributed by atoms with Gasteiger partial charge < -0.3 is 0 Å². The van der Waals surface area contributed by atoms with Crippen molar-refractivity contribution in [2.75, 3.05) is 0 Å². The van der Waals surface area contributed by atoms with E-state index in [4.69, 9.17) is 0 Å². The van der Waals surface area contributed by atoms with Gasteiger partial charge >= 0.3 is 5.69 Å². The van der Waals surface area contributed by atoms with E-state index in [0.29, 0.717) is 27.2 Å². The Morgan fingerprint density at radius 2 is 1.85 bits per heavy atom. The summed E-state index contributed by atoms with van der Waals surface area (Å²) in [6.45, 7) is 1.95. The van der Waals surface area contributed by atoms with Crippen molar-refractivity contribution < 1.29 is 4.39 Å². The van der Waals surface area contributed by atoms with Crippen LogP contribution in [-0.4, -0.2) is 18.5 Å². The standard InChI is InChI=1S/C19H15FN4O2S/c1-2-23-18(25)17-16(15(22-27-17)14-9-5-6-10-21-14)24(19(23)26)11-12-7-3-4-8-13(12)20/h3-10H,2,11H2,1H3. The molecule has 4 rings (SSSR count). The minimum absolute atomic E-state index is 0.000529. The summed E-state index contributed by atoms with van der Waals surface area (Å²) >= 11 is 1.03. The lowest BCUT2D eigenvalue weighted by atomic mass is 10.2. The van der Waals surface area contributed by atoms with Crippen LogP contribution in [0.1, 0.15) is 12.5 Å². The molecule has 0 unspecified atom stereocenters. The van der Waals surface area contributed by atoms with Gasteiger partial charge in [0.15, 0.2) is 0 Å². The second-order valence-corrected chi connectivity index (χ2v) is 6.71. The molecule has 0 fully saturated rings. The van der Waals surface area contributed by atoms with Gasteiger partial charge in [-0.25, -0.2) is 9.18 Å². The molecule has 3 aromatic heterocycles. The van der Waals surface area contributed by atoms with Gasteiger partial charge in [0.1, 0.15) is 16.2 Å². The van der Waals surface area contributed by atoms with E-state index in [9.17, 15) is 14.0 Å². The zero-order chi connectivity index (χ0) is 19.0. The molecule has 27 heavy (non-hydrogen) atoms. The predicted molar refractivity (Wildman–Crippen MR) is 103 cm³/mol. The second-order valence-electron chi connectivity index (χ2n) is 5.93. The minimum Gasteiger partial charge on any atom is -0.285 e. The molecule has 0 aliphatic carbocycles. The highest BCUT2D eigenvalue weighted by molar-refractivity contribution is 7.13.